The van der Waals surface area contributed by atoms with Crippen LogP contribution in [0.4, 0.5) is 0 Å². The maximum atomic E-state index is 11.1. The van der Waals surface area contributed by atoms with Gasteiger partial charge in [0.05, 0.1) is 13.2 Å². The molecule has 0 amide bonds. The van der Waals surface area contributed by atoms with Gasteiger partial charge in [0.1, 0.15) is 12.2 Å². The van der Waals surface area contributed by atoms with E-state index in [1.165, 1.54) is 7.11 Å². The van der Waals surface area contributed by atoms with Gasteiger partial charge in [-0.05, 0) is 18.4 Å². The van der Waals surface area contributed by atoms with E-state index in [9.17, 15) is 4.79 Å². The van der Waals surface area contributed by atoms with Gasteiger partial charge in [-0.15, -0.1) is 0 Å². The molecule has 5 nitrogen and oxygen atoms in total. The van der Waals surface area contributed by atoms with Crippen LogP contribution >= 0.6 is 28.4 Å². The first-order valence-corrected chi connectivity index (χ1v) is 11.6. The highest BCUT2D eigenvalue weighted by Gasteiger charge is 2.20. The lowest BCUT2D eigenvalue weighted by Gasteiger charge is -2.22. The molecule has 8 heteroatoms. The standard InChI is InChI=1S/C24H33O5P3/c1-26-23(25)19-13-7-11-17-21(27-30)16-10-4-2-3-5-12-18-22(28-31)24(29-32)20-14-8-6-9-15-20/h2-12,14-16,18,21-22,24H,13,17,19,30-32H2,1H3/b4-2-,5-3+,11-7-,16-10+,18-12+. The fraction of sp³-hybridized carbons (Fsp3) is 0.292. The van der Waals surface area contributed by atoms with Gasteiger partial charge in [0.2, 0.25) is 0 Å². The van der Waals surface area contributed by atoms with E-state index in [2.05, 4.69) is 33.1 Å². The molecule has 1 rings (SSSR count). The van der Waals surface area contributed by atoms with Gasteiger partial charge in [-0.3, -0.25) is 4.79 Å². The molecule has 0 radical (unpaired) electrons. The van der Waals surface area contributed by atoms with Crippen LogP contribution in [0.25, 0.3) is 0 Å². The van der Waals surface area contributed by atoms with Crippen molar-refractivity contribution in [2.24, 2.45) is 0 Å². The summed E-state index contributed by atoms with van der Waals surface area (Å²) >= 11 is 0. The van der Waals surface area contributed by atoms with E-state index in [-0.39, 0.29) is 24.3 Å². The van der Waals surface area contributed by atoms with Crippen molar-refractivity contribution in [1.82, 2.24) is 0 Å². The summed E-state index contributed by atoms with van der Waals surface area (Å²) < 4.78 is 21.0. The van der Waals surface area contributed by atoms with Crippen LogP contribution in [-0.4, -0.2) is 25.3 Å². The third-order valence-corrected chi connectivity index (χ3v) is 5.32. The number of carbonyl (C=O) groups is 1. The van der Waals surface area contributed by atoms with E-state index in [1.54, 1.807) is 0 Å². The molecular formula is C24H33O5P3. The molecule has 0 saturated heterocycles. The minimum Gasteiger partial charge on any atom is -0.469 e. The van der Waals surface area contributed by atoms with Crippen molar-refractivity contribution in [3.8, 4) is 0 Å². The first kappa shape index (κ1) is 28.6. The van der Waals surface area contributed by atoms with Gasteiger partial charge in [-0.25, -0.2) is 0 Å². The Bertz CT molecular complexity index is 775. The molecule has 0 fully saturated rings. The number of hydrogen-bond acceptors (Lipinski definition) is 5. The van der Waals surface area contributed by atoms with E-state index in [4.69, 9.17) is 13.6 Å². The summed E-state index contributed by atoms with van der Waals surface area (Å²) in [6, 6.07) is 9.93. The molecule has 0 spiro atoms. The minimum absolute atomic E-state index is 0.0512. The molecule has 0 bridgehead atoms. The van der Waals surface area contributed by atoms with E-state index >= 15 is 0 Å². The summed E-state index contributed by atoms with van der Waals surface area (Å²) in [6.45, 7) is 0. The highest BCUT2D eigenvalue weighted by atomic mass is 31.0. The summed E-state index contributed by atoms with van der Waals surface area (Å²) in [4.78, 5) is 11.1. The zero-order chi connectivity index (χ0) is 23.4. The number of methoxy groups -OCH3 is 1. The third-order valence-electron chi connectivity index (χ3n) is 4.36. The van der Waals surface area contributed by atoms with Crippen LogP contribution in [0.2, 0.25) is 0 Å². The van der Waals surface area contributed by atoms with Gasteiger partial charge in [0, 0.05) is 34.8 Å². The molecule has 0 N–H and O–H groups in total. The maximum absolute atomic E-state index is 11.1. The Morgan fingerprint density at radius 2 is 1.53 bits per heavy atom. The number of hydrogen-bond donors (Lipinski definition) is 0. The molecule has 1 aromatic carbocycles. The Hall–Kier alpha value is -1.44. The molecule has 1 aromatic rings. The van der Waals surface area contributed by atoms with Gasteiger partial charge < -0.3 is 18.3 Å². The lowest BCUT2D eigenvalue weighted by Crippen LogP contribution is -2.17. The van der Waals surface area contributed by atoms with E-state index in [0.29, 0.717) is 12.8 Å². The molecule has 0 aliphatic rings. The van der Waals surface area contributed by atoms with Gasteiger partial charge in [0.15, 0.2) is 0 Å². The second kappa shape index (κ2) is 19.1. The number of benzene rings is 1. The van der Waals surface area contributed by atoms with Crippen molar-refractivity contribution in [2.75, 3.05) is 7.11 Å². The molecule has 6 atom stereocenters. The van der Waals surface area contributed by atoms with Gasteiger partial charge >= 0.3 is 5.97 Å². The van der Waals surface area contributed by atoms with E-state index < -0.39 is 0 Å². The number of allylic oxidation sites excluding steroid dienone is 7. The molecule has 6 unspecified atom stereocenters. The predicted molar refractivity (Wildman–Crippen MR) is 141 cm³/mol. The third kappa shape index (κ3) is 12.6. The fourth-order valence-electron chi connectivity index (χ4n) is 2.66. The summed E-state index contributed by atoms with van der Waals surface area (Å²) in [6.07, 6.45) is 20.7. The van der Waals surface area contributed by atoms with Crippen LogP contribution in [0.5, 0.6) is 0 Å². The quantitative estimate of drug-likeness (QED) is 0.129. The van der Waals surface area contributed by atoms with E-state index in [0.717, 1.165) is 12.0 Å². The second-order valence-electron chi connectivity index (χ2n) is 6.60. The summed E-state index contributed by atoms with van der Waals surface area (Å²) in [5.74, 6) is -0.202. The lowest BCUT2D eigenvalue weighted by atomic mass is 10.0. The Kier molecular flexibility index (Phi) is 17.0. The SMILES string of the molecule is COC(=O)CC/C=C\CC(/C=C/C=C\C=C\C=C\C(OP)C(OP)c1ccccc1)OP. The van der Waals surface area contributed by atoms with Crippen LogP contribution < -0.4 is 0 Å². The molecule has 0 aliphatic carbocycles. The van der Waals surface area contributed by atoms with Crippen molar-refractivity contribution in [3.05, 3.63) is 96.7 Å². The molecule has 0 saturated carbocycles. The van der Waals surface area contributed by atoms with Crippen LogP contribution in [0.15, 0.2) is 91.1 Å². The highest BCUT2D eigenvalue weighted by Crippen LogP contribution is 2.27. The Balaban J connectivity index is 2.45. The predicted octanol–water partition coefficient (Wildman–Crippen LogP) is 6.01. The van der Waals surface area contributed by atoms with Crippen molar-refractivity contribution in [3.63, 3.8) is 0 Å². The fourth-order valence-corrected chi connectivity index (χ4v) is 3.40. The summed E-state index contributed by atoms with van der Waals surface area (Å²) in [5, 5.41) is 0. The lowest BCUT2D eigenvalue weighted by molar-refractivity contribution is -0.140. The number of rotatable bonds is 15. The number of carbonyl (C=O) groups excluding carboxylic acids is 1. The van der Waals surface area contributed by atoms with Gasteiger partial charge in [0.25, 0.3) is 0 Å². The van der Waals surface area contributed by atoms with Crippen molar-refractivity contribution < 1.29 is 23.1 Å². The molecule has 174 valence electrons. The smallest absolute Gasteiger partial charge is 0.305 e. The highest BCUT2D eigenvalue weighted by molar-refractivity contribution is 7.10. The Morgan fingerprint density at radius 3 is 2.12 bits per heavy atom. The average molecular weight is 494 g/mol. The Labute approximate surface area is 198 Å². The monoisotopic (exact) mass is 494 g/mol. The molecular weight excluding hydrogens is 461 g/mol. The van der Waals surface area contributed by atoms with Gasteiger partial charge in [-0.1, -0.05) is 91.1 Å². The molecule has 32 heavy (non-hydrogen) atoms. The zero-order valence-electron chi connectivity index (χ0n) is 18.3. The van der Waals surface area contributed by atoms with Crippen LogP contribution in [0, 0.1) is 0 Å². The molecule has 0 aromatic heterocycles. The normalized spacial score (nSPS) is 15.4. The maximum Gasteiger partial charge on any atom is 0.305 e. The van der Waals surface area contributed by atoms with Gasteiger partial charge in [-0.2, -0.15) is 0 Å². The van der Waals surface area contributed by atoms with Crippen LogP contribution in [0.1, 0.15) is 30.9 Å². The first-order chi connectivity index (χ1) is 15.7. The minimum atomic E-state index is -0.242. The first-order valence-electron chi connectivity index (χ1n) is 10.2. The molecule has 0 heterocycles. The van der Waals surface area contributed by atoms with Crippen LogP contribution in [0.3, 0.4) is 0 Å². The Morgan fingerprint density at radius 1 is 0.875 bits per heavy atom. The average Bonchev–Trinajstić information content (AvgIpc) is 2.83. The van der Waals surface area contributed by atoms with Crippen LogP contribution in [-0.2, 0) is 23.1 Å². The summed E-state index contributed by atoms with van der Waals surface area (Å²) in [7, 11) is 8.29. The topological polar surface area (TPSA) is 54.0 Å². The van der Waals surface area contributed by atoms with E-state index in [1.807, 2.05) is 91.1 Å². The number of esters is 1. The number of ether oxygens (including phenoxy) is 1. The molecule has 0 aliphatic heterocycles. The van der Waals surface area contributed by atoms with Crippen molar-refractivity contribution in [1.29, 1.82) is 0 Å². The largest absolute Gasteiger partial charge is 0.469 e. The summed E-state index contributed by atoms with van der Waals surface area (Å²) in [5.41, 5.74) is 1.04. The van der Waals surface area contributed by atoms with Crippen molar-refractivity contribution >= 4 is 34.4 Å². The van der Waals surface area contributed by atoms with Crippen molar-refractivity contribution in [2.45, 2.75) is 37.6 Å². The second-order valence-corrected chi connectivity index (χ2v) is 7.42. The zero-order valence-corrected chi connectivity index (χ0v) is 21.8.